The minimum Gasteiger partial charge on any atom is -0.378 e. The number of nitrogens with zero attached hydrogens (tertiary/aromatic N) is 1. The van der Waals surface area contributed by atoms with Gasteiger partial charge in [-0.25, -0.2) is 0 Å². The van der Waals surface area contributed by atoms with Crippen molar-refractivity contribution in [2.45, 2.75) is 38.8 Å². The van der Waals surface area contributed by atoms with Gasteiger partial charge < -0.3 is 20.3 Å². The van der Waals surface area contributed by atoms with Crippen molar-refractivity contribution in [1.82, 2.24) is 15.5 Å². The first-order chi connectivity index (χ1) is 8.72. The maximum Gasteiger partial charge on any atom is 0.207 e. The zero-order valence-electron chi connectivity index (χ0n) is 11.7. The van der Waals surface area contributed by atoms with Gasteiger partial charge in [0.1, 0.15) is 0 Å². The zero-order valence-corrected chi connectivity index (χ0v) is 11.7. The number of carbonyl (C=O) groups is 1. The summed E-state index contributed by atoms with van der Waals surface area (Å²) in [6.45, 7) is 9.66. The number of piperidine rings is 1. The maximum absolute atomic E-state index is 10.0. The first-order valence-corrected chi connectivity index (χ1v) is 6.95. The lowest BCUT2D eigenvalue weighted by molar-refractivity contribution is -0.109. The minimum atomic E-state index is 0.579. The second kappa shape index (κ2) is 9.30. The van der Waals surface area contributed by atoms with Crippen molar-refractivity contribution >= 4 is 6.41 Å². The van der Waals surface area contributed by atoms with Gasteiger partial charge in [0.15, 0.2) is 0 Å². The highest BCUT2D eigenvalue weighted by Gasteiger charge is 2.18. The van der Waals surface area contributed by atoms with Crippen molar-refractivity contribution in [2.75, 3.05) is 39.4 Å². The molecule has 1 aliphatic heterocycles. The van der Waals surface area contributed by atoms with Crippen LogP contribution in [0.2, 0.25) is 0 Å². The van der Waals surface area contributed by atoms with Crippen LogP contribution in [0.4, 0.5) is 0 Å². The summed E-state index contributed by atoms with van der Waals surface area (Å²) >= 11 is 0. The third-order valence-electron chi connectivity index (χ3n) is 3.18. The third kappa shape index (κ3) is 6.93. The van der Waals surface area contributed by atoms with Crippen molar-refractivity contribution in [3.63, 3.8) is 0 Å². The Labute approximate surface area is 110 Å². The summed E-state index contributed by atoms with van der Waals surface area (Å²) in [6.07, 6.45) is 3.16. The molecule has 5 heteroatoms. The highest BCUT2D eigenvalue weighted by atomic mass is 16.5. The van der Waals surface area contributed by atoms with E-state index in [2.05, 4.69) is 29.4 Å². The van der Waals surface area contributed by atoms with E-state index >= 15 is 0 Å². The molecule has 0 aromatic rings. The maximum atomic E-state index is 10.0. The van der Waals surface area contributed by atoms with E-state index in [-0.39, 0.29) is 0 Å². The Morgan fingerprint density at radius 2 is 2.06 bits per heavy atom. The highest BCUT2D eigenvalue weighted by molar-refractivity contribution is 5.45. The van der Waals surface area contributed by atoms with Gasteiger partial charge in [0.05, 0.1) is 13.2 Å². The molecule has 1 saturated heterocycles. The predicted molar refractivity (Wildman–Crippen MR) is 72.6 cm³/mol. The summed E-state index contributed by atoms with van der Waals surface area (Å²) in [7, 11) is 0. The average molecular weight is 257 g/mol. The number of carbonyl (C=O) groups excluding carboxylic acids is 1. The van der Waals surface area contributed by atoms with Crippen LogP contribution in [-0.4, -0.2) is 62.8 Å². The molecular formula is C13H27N3O2. The van der Waals surface area contributed by atoms with Crippen molar-refractivity contribution < 1.29 is 9.53 Å². The molecule has 0 atom stereocenters. The SMILES string of the molecule is CC(C)NC1CCN(CCOCCNC=O)CC1. The molecule has 0 spiro atoms. The molecule has 1 fully saturated rings. The Morgan fingerprint density at radius 3 is 2.67 bits per heavy atom. The van der Waals surface area contributed by atoms with E-state index in [1.807, 2.05) is 0 Å². The van der Waals surface area contributed by atoms with Gasteiger partial charge in [-0.3, -0.25) is 4.79 Å². The number of nitrogens with one attached hydrogen (secondary N) is 2. The lowest BCUT2D eigenvalue weighted by Gasteiger charge is -2.33. The molecule has 0 aromatic carbocycles. The Hall–Kier alpha value is -0.650. The molecule has 0 aliphatic carbocycles. The zero-order chi connectivity index (χ0) is 13.2. The van der Waals surface area contributed by atoms with Gasteiger partial charge in [-0.05, 0) is 25.9 Å². The quantitative estimate of drug-likeness (QED) is 0.458. The molecule has 0 unspecified atom stereocenters. The highest BCUT2D eigenvalue weighted by Crippen LogP contribution is 2.10. The topological polar surface area (TPSA) is 53.6 Å². The molecule has 0 saturated carbocycles. The summed E-state index contributed by atoms with van der Waals surface area (Å²) in [5, 5.41) is 6.18. The minimum absolute atomic E-state index is 0.579. The van der Waals surface area contributed by atoms with E-state index in [1.165, 1.54) is 12.8 Å². The number of likely N-dealkylation sites (tertiary alicyclic amines) is 1. The van der Waals surface area contributed by atoms with Gasteiger partial charge in [0.2, 0.25) is 6.41 Å². The van der Waals surface area contributed by atoms with E-state index in [4.69, 9.17) is 4.74 Å². The molecule has 1 heterocycles. The second-order valence-electron chi connectivity index (χ2n) is 5.12. The molecule has 0 bridgehead atoms. The molecule has 18 heavy (non-hydrogen) atoms. The van der Waals surface area contributed by atoms with Crippen LogP contribution >= 0.6 is 0 Å². The number of ether oxygens (including phenoxy) is 1. The summed E-state index contributed by atoms with van der Waals surface area (Å²) < 4.78 is 5.45. The summed E-state index contributed by atoms with van der Waals surface area (Å²) in [5.41, 5.74) is 0. The number of hydrogen-bond acceptors (Lipinski definition) is 4. The van der Waals surface area contributed by atoms with Gasteiger partial charge in [-0.15, -0.1) is 0 Å². The van der Waals surface area contributed by atoms with Gasteiger partial charge >= 0.3 is 0 Å². The van der Waals surface area contributed by atoms with Crippen molar-refractivity contribution in [3.05, 3.63) is 0 Å². The molecule has 2 N–H and O–H groups in total. The Bertz CT molecular complexity index is 216. The Kier molecular flexibility index (Phi) is 7.96. The van der Waals surface area contributed by atoms with Crippen LogP contribution in [-0.2, 0) is 9.53 Å². The van der Waals surface area contributed by atoms with Crippen molar-refractivity contribution in [2.24, 2.45) is 0 Å². The van der Waals surface area contributed by atoms with Crippen LogP contribution < -0.4 is 10.6 Å². The van der Waals surface area contributed by atoms with E-state index in [0.717, 1.165) is 26.2 Å². The van der Waals surface area contributed by atoms with Crippen LogP contribution in [0, 0.1) is 0 Å². The second-order valence-corrected chi connectivity index (χ2v) is 5.12. The van der Waals surface area contributed by atoms with E-state index in [1.54, 1.807) is 0 Å². The number of hydrogen-bond donors (Lipinski definition) is 2. The fraction of sp³-hybridized carbons (Fsp3) is 0.923. The van der Waals surface area contributed by atoms with E-state index < -0.39 is 0 Å². The fourth-order valence-corrected chi connectivity index (χ4v) is 2.28. The molecule has 1 aliphatic rings. The van der Waals surface area contributed by atoms with Crippen LogP contribution in [0.15, 0.2) is 0 Å². The largest absolute Gasteiger partial charge is 0.378 e. The normalized spacial score (nSPS) is 18.2. The van der Waals surface area contributed by atoms with E-state index in [0.29, 0.717) is 31.6 Å². The Morgan fingerprint density at radius 1 is 1.33 bits per heavy atom. The molecular weight excluding hydrogens is 230 g/mol. The molecule has 5 nitrogen and oxygen atoms in total. The number of amides is 1. The lowest BCUT2D eigenvalue weighted by atomic mass is 10.0. The molecule has 0 radical (unpaired) electrons. The fourth-order valence-electron chi connectivity index (χ4n) is 2.28. The molecule has 1 amide bonds. The van der Waals surface area contributed by atoms with Crippen LogP contribution in [0.3, 0.4) is 0 Å². The van der Waals surface area contributed by atoms with Gasteiger partial charge in [-0.1, -0.05) is 13.8 Å². The summed E-state index contributed by atoms with van der Waals surface area (Å²) in [6, 6.07) is 1.26. The van der Waals surface area contributed by atoms with Crippen LogP contribution in [0.25, 0.3) is 0 Å². The standard InChI is InChI=1S/C13H27N3O2/c1-12(2)15-13-3-6-16(7-4-13)8-10-18-9-5-14-11-17/h11-13,15H,3-10H2,1-2H3,(H,14,17). The van der Waals surface area contributed by atoms with Crippen molar-refractivity contribution in [3.8, 4) is 0 Å². The van der Waals surface area contributed by atoms with Crippen molar-refractivity contribution in [1.29, 1.82) is 0 Å². The van der Waals surface area contributed by atoms with Crippen LogP contribution in [0.1, 0.15) is 26.7 Å². The first-order valence-electron chi connectivity index (χ1n) is 6.95. The molecule has 106 valence electrons. The monoisotopic (exact) mass is 257 g/mol. The number of rotatable bonds is 9. The predicted octanol–water partition coefficient (Wildman–Crippen LogP) is 0.211. The first kappa shape index (κ1) is 15.4. The lowest BCUT2D eigenvalue weighted by Crippen LogP contribution is -2.45. The third-order valence-corrected chi connectivity index (χ3v) is 3.18. The van der Waals surface area contributed by atoms with Crippen LogP contribution in [0.5, 0.6) is 0 Å². The Balaban J connectivity index is 1.97. The summed E-state index contributed by atoms with van der Waals surface area (Å²) in [5.74, 6) is 0. The molecule has 1 rings (SSSR count). The summed E-state index contributed by atoms with van der Waals surface area (Å²) in [4.78, 5) is 12.5. The van der Waals surface area contributed by atoms with Gasteiger partial charge in [0.25, 0.3) is 0 Å². The smallest absolute Gasteiger partial charge is 0.207 e. The van der Waals surface area contributed by atoms with E-state index in [9.17, 15) is 4.79 Å². The van der Waals surface area contributed by atoms with Gasteiger partial charge in [0, 0.05) is 25.2 Å². The van der Waals surface area contributed by atoms with Gasteiger partial charge in [-0.2, -0.15) is 0 Å². The molecule has 0 aromatic heterocycles. The average Bonchev–Trinajstić information content (AvgIpc) is 2.35.